The first-order valence-electron chi connectivity index (χ1n) is 7.07. The average molecular weight is 314 g/mol. The number of hydrogen-bond donors (Lipinski definition) is 2. The largest absolute Gasteiger partial charge is 0.508 e. The third kappa shape index (κ3) is 4.47. The van der Waals surface area contributed by atoms with E-state index in [1.165, 1.54) is 6.21 Å². The van der Waals surface area contributed by atoms with Crippen LogP contribution in [0.15, 0.2) is 47.6 Å². The molecule has 0 atom stereocenters. The minimum absolute atomic E-state index is 0.174. The highest BCUT2D eigenvalue weighted by Gasteiger charge is 2.10. The van der Waals surface area contributed by atoms with Gasteiger partial charge in [-0.25, -0.2) is 5.43 Å². The predicted octanol–water partition coefficient (Wildman–Crippen LogP) is 2.56. The van der Waals surface area contributed by atoms with Crippen molar-refractivity contribution in [1.82, 2.24) is 5.43 Å². The van der Waals surface area contributed by atoms with Crippen molar-refractivity contribution in [3.63, 3.8) is 0 Å². The Morgan fingerprint density at radius 2 is 1.96 bits per heavy atom. The zero-order valence-electron chi connectivity index (χ0n) is 12.9. The number of phenols is 1. The molecule has 2 aromatic rings. The molecular formula is C17H18N2O4. The highest BCUT2D eigenvalue weighted by molar-refractivity contribution is 5.95. The number of ether oxygens (including phenoxy) is 2. The number of benzene rings is 2. The fourth-order valence-corrected chi connectivity index (χ4v) is 1.88. The molecule has 0 unspecified atom stereocenters. The first-order chi connectivity index (χ1) is 11.1. The molecule has 2 aromatic carbocycles. The first kappa shape index (κ1) is 16.4. The molecule has 0 spiro atoms. The van der Waals surface area contributed by atoms with E-state index >= 15 is 0 Å². The van der Waals surface area contributed by atoms with Gasteiger partial charge >= 0.3 is 0 Å². The molecule has 2 rings (SSSR count). The van der Waals surface area contributed by atoms with E-state index in [2.05, 4.69) is 10.5 Å². The second-order valence-corrected chi connectivity index (χ2v) is 4.59. The zero-order valence-corrected chi connectivity index (χ0v) is 12.9. The fraction of sp³-hybridized carbons (Fsp3) is 0.176. The van der Waals surface area contributed by atoms with Crippen LogP contribution in [0.2, 0.25) is 0 Å². The fourth-order valence-electron chi connectivity index (χ4n) is 1.88. The normalized spacial score (nSPS) is 10.5. The standard InChI is InChI=1S/C17H18N2O4/c1-3-23-16-10-13(6-9-15(16)22-2)17(21)19-18-11-12-4-7-14(20)8-5-12/h4-11,20H,3H2,1-2H3,(H,19,21)/b18-11+. The topological polar surface area (TPSA) is 80.2 Å². The molecule has 23 heavy (non-hydrogen) atoms. The molecule has 1 amide bonds. The number of nitrogens with one attached hydrogen (secondary N) is 1. The van der Waals surface area contributed by atoms with Crippen molar-refractivity contribution < 1.29 is 19.4 Å². The molecule has 0 saturated carbocycles. The highest BCUT2D eigenvalue weighted by atomic mass is 16.5. The van der Waals surface area contributed by atoms with E-state index in [0.29, 0.717) is 23.7 Å². The summed E-state index contributed by atoms with van der Waals surface area (Å²) in [5, 5.41) is 13.1. The molecular weight excluding hydrogens is 296 g/mol. The summed E-state index contributed by atoms with van der Waals surface area (Å²) >= 11 is 0. The Labute approximate surface area is 134 Å². The van der Waals surface area contributed by atoms with Crippen molar-refractivity contribution in [2.24, 2.45) is 5.10 Å². The van der Waals surface area contributed by atoms with Crippen molar-refractivity contribution in [2.45, 2.75) is 6.92 Å². The van der Waals surface area contributed by atoms with Crippen molar-refractivity contribution in [3.8, 4) is 17.2 Å². The monoisotopic (exact) mass is 314 g/mol. The van der Waals surface area contributed by atoms with Crippen LogP contribution in [0.1, 0.15) is 22.8 Å². The summed E-state index contributed by atoms with van der Waals surface area (Å²) in [6.07, 6.45) is 1.49. The molecule has 0 saturated heterocycles. The number of phenolic OH excluding ortho intramolecular Hbond substituents is 1. The van der Waals surface area contributed by atoms with Gasteiger partial charge in [-0.05, 0) is 55.0 Å². The van der Waals surface area contributed by atoms with Crippen LogP contribution in [-0.4, -0.2) is 30.9 Å². The van der Waals surface area contributed by atoms with Crippen LogP contribution in [0.3, 0.4) is 0 Å². The van der Waals surface area contributed by atoms with Crippen LogP contribution in [-0.2, 0) is 0 Å². The number of hydrogen-bond acceptors (Lipinski definition) is 5. The first-order valence-corrected chi connectivity index (χ1v) is 7.07. The van der Waals surface area contributed by atoms with Gasteiger partial charge in [-0.15, -0.1) is 0 Å². The molecule has 6 nitrogen and oxygen atoms in total. The molecule has 0 bridgehead atoms. The quantitative estimate of drug-likeness (QED) is 0.634. The Morgan fingerprint density at radius 3 is 2.61 bits per heavy atom. The van der Waals surface area contributed by atoms with Gasteiger partial charge in [0.25, 0.3) is 5.91 Å². The van der Waals surface area contributed by atoms with Gasteiger partial charge in [0.2, 0.25) is 0 Å². The molecule has 0 heterocycles. The number of carbonyl (C=O) groups excluding carboxylic acids is 1. The lowest BCUT2D eigenvalue weighted by Crippen LogP contribution is -2.17. The van der Waals surface area contributed by atoms with Crippen molar-refractivity contribution in [1.29, 1.82) is 0 Å². The maximum atomic E-state index is 12.1. The lowest BCUT2D eigenvalue weighted by Gasteiger charge is -2.10. The molecule has 0 aliphatic heterocycles. The summed E-state index contributed by atoms with van der Waals surface area (Å²) in [6, 6.07) is 11.4. The van der Waals surface area contributed by atoms with Gasteiger partial charge in [0.1, 0.15) is 5.75 Å². The minimum atomic E-state index is -0.358. The van der Waals surface area contributed by atoms with Crippen molar-refractivity contribution >= 4 is 12.1 Å². The van der Waals surface area contributed by atoms with E-state index in [4.69, 9.17) is 9.47 Å². The molecule has 0 aromatic heterocycles. The summed E-state index contributed by atoms with van der Waals surface area (Å²) < 4.78 is 10.6. The minimum Gasteiger partial charge on any atom is -0.508 e. The third-order valence-corrected chi connectivity index (χ3v) is 3.00. The number of carbonyl (C=O) groups is 1. The summed E-state index contributed by atoms with van der Waals surface area (Å²) in [5.41, 5.74) is 3.61. The summed E-state index contributed by atoms with van der Waals surface area (Å²) in [6.45, 7) is 2.33. The van der Waals surface area contributed by atoms with Crippen LogP contribution in [0, 0.1) is 0 Å². The highest BCUT2D eigenvalue weighted by Crippen LogP contribution is 2.27. The predicted molar refractivity (Wildman–Crippen MR) is 87.3 cm³/mol. The summed E-state index contributed by atoms with van der Waals surface area (Å²) in [4.78, 5) is 12.1. The Balaban J connectivity index is 2.05. The maximum Gasteiger partial charge on any atom is 0.271 e. The number of amides is 1. The molecule has 0 fully saturated rings. The van der Waals surface area contributed by atoms with E-state index in [1.54, 1.807) is 49.6 Å². The van der Waals surface area contributed by atoms with E-state index < -0.39 is 0 Å². The molecule has 120 valence electrons. The van der Waals surface area contributed by atoms with E-state index in [-0.39, 0.29) is 11.7 Å². The van der Waals surface area contributed by atoms with Gasteiger partial charge in [0, 0.05) is 5.56 Å². The number of methoxy groups -OCH3 is 1. The van der Waals surface area contributed by atoms with E-state index in [1.807, 2.05) is 6.92 Å². The van der Waals surface area contributed by atoms with Crippen molar-refractivity contribution in [3.05, 3.63) is 53.6 Å². The van der Waals surface area contributed by atoms with Crippen LogP contribution in [0.5, 0.6) is 17.2 Å². The Morgan fingerprint density at radius 1 is 1.22 bits per heavy atom. The number of aromatic hydroxyl groups is 1. The number of rotatable bonds is 6. The molecule has 0 aliphatic carbocycles. The zero-order chi connectivity index (χ0) is 16.7. The smallest absolute Gasteiger partial charge is 0.271 e. The lowest BCUT2D eigenvalue weighted by atomic mass is 10.2. The van der Waals surface area contributed by atoms with Crippen molar-refractivity contribution in [2.75, 3.05) is 13.7 Å². The Kier molecular flexibility index (Phi) is 5.57. The molecule has 0 radical (unpaired) electrons. The van der Waals surface area contributed by atoms with E-state index in [0.717, 1.165) is 5.56 Å². The summed E-state index contributed by atoms with van der Waals surface area (Å²) in [7, 11) is 1.54. The average Bonchev–Trinajstić information content (AvgIpc) is 2.57. The molecule has 0 aliphatic rings. The summed E-state index contributed by atoms with van der Waals surface area (Å²) in [5.74, 6) is 0.887. The second-order valence-electron chi connectivity index (χ2n) is 4.59. The van der Waals surface area contributed by atoms with Crippen LogP contribution in [0.25, 0.3) is 0 Å². The third-order valence-electron chi connectivity index (χ3n) is 3.00. The van der Waals surface area contributed by atoms with Gasteiger partial charge in [0.15, 0.2) is 11.5 Å². The van der Waals surface area contributed by atoms with Crippen LogP contribution >= 0.6 is 0 Å². The van der Waals surface area contributed by atoms with Crippen LogP contribution in [0.4, 0.5) is 0 Å². The Hall–Kier alpha value is -3.02. The lowest BCUT2D eigenvalue weighted by molar-refractivity contribution is 0.0954. The number of hydrazone groups is 1. The Bertz CT molecular complexity index is 696. The van der Waals surface area contributed by atoms with Crippen LogP contribution < -0.4 is 14.9 Å². The van der Waals surface area contributed by atoms with Gasteiger partial charge < -0.3 is 14.6 Å². The molecule has 2 N–H and O–H groups in total. The SMILES string of the molecule is CCOc1cc(C(=O)N/N=C/c2ccc(O)cc2)ccc1OC. The van der Waals surface area contributed by atoms with Gasteiger partial charge in [-0.2, -0.15) is 5.10 Å². The van der Waals surface area contributed by atoms with Gasteiger partial charge in [0.05, 0.1) is 19.9 Å². The molecule has 6 heteroatoms. The maximum absolute atomic E-state index is 12.1. The number of nitrogens with zero attached hydrogens (tertiary/aromatic N) is 1. The second kappa shape index (κ2) is 7.84. The van der Waals surface area contributed by atoms with Gasteiger partial charge in [-0.3, -0.25) is 4.79 Å². The van der Waals surface area contributed by atoms with Gasteiger partial charge in [-0.1, -0.05) is 0 Å². The van der Waals surface area contributed by atoms with E-state index in [9.17, 15) is 9.90 Å².